The molecule has 0 saturated heterocycles. The normalized spacial score (nSPS) is 10.4. The molecule has 0 atom stereocenters. The molecule has 0 radical (unpaired) electrons. The molecule has 0 unspecified atom stereocenters. The zero-order valence-electron chi connectivity index (χ0n) is 9.73. The molecule has 16 heavy (non-hydrogen) atoms. The molecule has 0 aromatic carbocycles. The number of rotatable bonds is 3. The SMILES string of the molecule is CCc1nn(C)cc1Nc1nccnc1C. The minimum Gasteiger partial charge on any atom is -0.336 e. The van der Waals surface area contributed by atoms with Gasteiger partial charge in [0.25, 0.3) is 0 Å². The number of aryl methyl sites for hydroxylation is 3. The molecule has 0 aliphatic rings. The first-order valence-electron chi connectivity index (χ1n) is 5.28. The minimum absolute atomic E-state index is 0.783. The van der Waals surface area contributed by atoms with E-state index < -0.39 is 0 Å². The Kier molecular flexibility index (Phi) is 2.85. The van der Waals surface area contributed by atoms with Crippen molar-refractivity contribution in [3.8, 4) is 0 Å². The fourth-order valence-electron chi connectivity index (χ4n) is 1.56. The summed E-state index contributed by atoms with van der Waals surface area (Å²) in [6, 6.07) is 0. The van der Waals surface area contributed by atoms with Crippen molar-refractivity contribution in [1.82, 2.24) is 19.7 Å². The van der Waals surface area contributed by atoms with E-state index in [9.17, 15) is 0 Å². The van der Waals surface area contributed by atoms with Gasteiger partial charge in [0.05, 0.1) is 17.1 Å². The van der Waals surface area contributed by atoms with Gasteiger partial charge in [0.2, 0.25) is 0 Å². The minimum atomic E-state index is 0.783. The van der Waals surface area contributed by atoms with Crippen LogP contribution in [0.4, 0.5) is 11.5 Å². The number of hydrogen-bond donors (Lipinski definition) is 1. The van der Waals surface area contributed by atoms with Crippen LogP contribution < -0.4 is 5.32 Å². The van der Waals surface area contributed by atoms with Gasteiger partial charge in [-0.05, 0) is 13.3 Å². The standard InChI is InChI=1S/C11H15N5/c1-4-9-10(7-16(3)15-9)14-11-8(2)12-5-6-13-11/h5-7H,4H2,1-3H3,(H,13,14). The Labute approximate surface area is 94.5 Å². The van der Waals surface area contributed by atoms with Crippen molar-refractivity contribution < 1.29 is 0 Å². The van der Waals surface area contributed by atoms with Crippen molar-refractivity contribution in [2.75, 3.05) is 5.32 Å². The predicted molar refractivity (Wildman–Crippen MR) is 62.6 cm³/mol. The van der Waals surface area contributed by atoms with Crippen molar-refractivity contribution in [1.29, 1.82) is 0 Å². The molecule has 0 spiro atoms. The van der Waals surface area contributed by atoms with E-state index in [0.29, 0.717) is 0 Å². The molecule has 0 saturated carbocycles. The highest BCUT2D eigenvalue weighted by Crippen LogP contribution is 2.19. The Morgan fingerprint density at radius 2 is 2.06 bits per heavy atom. The predicted octanol–water partition coefficient (Wildman–Crippen LogP) is 1.82. The highest BCUT2D eigenvalue weighted by Gasteiger charge is 2.07. The van der Waals surface area contributed by atoms with Crippen LogP contribution in [0.25, 0.3) is 0 Å². The van der Waals surface area contributed by atoms with Crippen LogP contribution in [-0.4, -0.2) is 19.7 Å². The van der Waals surface area contributed by atoms with Gasteiger partial charge in [-0.25, -0.2) is 4.98 Å². The molecule has 2 aromatic heterocycles. The average Bonchev–Trinajstić information content (AvgIpc) is 2.62. The molecule has 2 rings (SSSR count). The number of hydrogen-bond acceptors (Lipinski definition) is 4. The first kappa shape index (κ1) is 10.6. The molecule has 1 N–H and O–H groups in total. The van der Waals surface area contributed by atoms with Crippen molar-refractivity contribution >= 4 is 11.5 Å². The second-order valence-electron chi connectivity index (χ2n) is 3.63. The van der Waals surface area contributed by atoms with E-state index in [4.69, 9.17) is 0 Å². The van der Waals surface area contributed by atoms with Gasteiger partial charge in [-0.15, -0.1) is 0 Å². The van der Waals surface area contributed by atoms with Crippen LogP contribution in [0.3, 0.4) is 0 Å². The Balaban J connectivity index is 2.30. The Morgan fingerprint density at radius 3 is 2.75 bits per heavy atom. The van der Waals surface area contributed by atoms with Crippen LogP contribution in [-0.2, 0) is 13.5 Å². The lowest BCUT2D eigenvalue weighted by atomic mass is 10.3. The lowest BCUT2D eigenvalue weighted by Crippen LogP contribution is -1.99. The summed E-state index contributed by atoms with van der Waals surface area (Å²) >= 11 is 0. The van der Waals surface area contributed by atoms with Crippen molar-refractivity contribution in [3.63, 3.8) is 0 Å². The fraction of sp³-hybridized carbons (Fsp3) is 0.364. The van der Waals surface area contributed by atoms with Crippen LogP contribution in [0.1, 0.15) is 18.3 Å². The van der Waals surface area contributed by atoms with Gasteiger partial charge in [0.15, 0.2) is 5.82 Å². The number of anilines is 2. The molecule has 0 fully saturated rings. The summed E-state index contributed by atoms with van der Waals surface area (Å²) in [6.45, 7) is 4.01. The van der Waals surface area contributed by atoms with Gasteiger partial charge >= 0.3 is 0 Å². The highest BCUT2D eigenvalue weighted by molar-refractivity contribution is 5.59. The average molecular weight is 217 g/mol. The quantitative estimate of drug-likeness (QED) is 0.852. The van der Waals surface area contributed by atoms with Gasteiger partial charge in [0.1, 0.15) is 0 Å². The maximum Gasteiger partial charge on any atom is 0.151 e. The Bertz CT molecular complexity index is 489. The summed E-state index contributed by atoms with van der Waals surface area (Å²) in [5.41, 5.74) is 2.91. The number of aromatic nitrogens is 4. The van der Waals surface area contributed by atoms with E-state index in [1.807, 2.05) is 20.2 Å². The zero-order chi connectivity index (χ0) is 11.5. The second-order valence-corrected chi connectivity index (χ2v) is 3.63. The fourth-order valence-corrected chi connectivity index (χ4v) is 1.56. The van der Waals surface area contributed by atoms with Crippen molar-refractivity contribution in [2.24, 2.45) is 7.05 Å². The largest absolute Gasteiger partial charge is 0.336 e. The topological polar surface area (TPSA) is 55.6 Å². The third kappa shape index (κ3) is 2.03. The van der Waals surface area contributed by atoms with Crippen LogP contribution in [0.2, 0.25) is 0 Å². The molecule has 2 heterocycles. The first-order chi connectivity index (χ1) is 7.70. The van der Waals surface area contributed by atoms with Crippen LogP contribution in [0.5, 0.6) is 0 Å². The molecule has 0 aliphatic carbocycles. The second kappa shape index (κ2) is 4.30. The molecule has 2 aromatic rings. The summed E-state index contributed by atoms with van der Waals surface area (Å²) in [4.78, 5) is 8.43. The zero-order valence-corrected chi connectivity index (χ0v) is 9.73. The van der Waals surface area contributed by atoms with Gasteiger partial charge in [-0.1, -0.05) is 6.92 Å². The molecule has 0 bridgehead atoms. The van der Waals surface area contributed by atoms with E-state index >= 15 is 0 Å². The lowest BCUT2D eigenvalue weighted by molar-refractivity contribution is 0.746. The van der Waals surface area contributed by atoms with Gasteiger partial charge in [0, 0.05) is 25.6 Å². The lowest BCUT2D eigenvalue weighted by Gasteiger charge is -2.05. The van der Waals surface area contributed by atoms with E-state index in [2.05, 4.69) is 27.3 Å². The van der Waals surface area contributed by atoms with Crippen molar-refractivity contribution in [3.05, 3.63) is 30.0 Å². The summed E-state index contributed by atoms with van der Waals surface area (Å²) in [6.07, 6.45) is 6.21. The van der Waals surface area contributed by atoms with Gasteiger partial charge in [-0.3, -0.25) is 9.67 Å². The maximum absolute atomic E-state index is 4.36. The Hall–Kier alpha value is -1.91. The van der Waals surface area contributed by atoms with E-state index in [0.717, 1.165) is 29.3 Å². The third-order valence-corrected chi connectivity index (χ3v) is 2.37. The third-order valence-electron chi connectivity index (χ3n) is 2.37. The molecular formula is C11H15N5. The summed E-state index contributed by atoms with van der Waals surface area (Å²) in [5.74, 6) is 0.783. The van der Waals surface area contributed by atoms with Crippen LogP contribution in [0.15, 0.2) is 18.6 Å². The molecule has 84 valence electrons. The Morgan fingerprint density at radius 1 is 1.31 bits per heavy atom. The molecule has 0 aliphatic heterocycles. The summed E-state index contributed by atoms with van der Waals surface area (Å²) < 4.78 is 1.80. The van der Waals surface area contributed by atoms with Gasteiger partial charge in [-0.2, -0.15) is 5.10 Å². The summed E-state index contributed by atoms with van der Waals surface area (Å²) in [5, 5.41) is 7.62. The molecular weight excluding hydrogens is 202 g/mol. The number of nitrogens with zero attached hydrogens (tertiary/aromatic N) is 4. The monoisotopic (exact) mass is 217 g/mol. The van der Waals surface area contributed by atoms with E-state index in [1.54, 1.807) is 17.1 Å². The van der Waals surface area contributed by atoms with E-state index in [-0.39, 0.29) is 0 Å². The molecule has 5 nitrogen and oxygen atoms in total. The molecule has 0 amide bonds. The highest BCUT2D eigenvalue weighted by atomic mass is 15.3. The van der Waals surface area contributed by atoms with Gasteiger partial charge < -0.3 is 5.32 Å². The van der Waals surface area contributed by atoms with Crippen LogP contribution >= 0.6 is 0 Å². The first-order valence-corrected chi connectivity index (χ1v) is 5.28. The van der Waals surface area contributed by atoms with Crippen LogP contribution in [0, 0.1) is 6.92 Å². The number of nitrogens with one attached hydrogen (secondary N) is 1. The summed E-state index contributed by atoms with van der Waals surface area (Å²) in [7, 11) is 1.91. The smallest absolute Gasteiger partial charge is 0.151 e. The molecule has 5 heteroatoms. The van der Waals surface area contributed by atoms with E-state index in [1.165, 1.54) is 0 Å². The maximum atomic E-state index is 4.36. The van der Waals surface area contributed by atoms with Crippen molar-refractivity contribution in [2.45, 2.75) is 20.3 Å².